The zero-order chi connectivity index (χ0) is 72.0. The first-order valence-corrected chi connectivity index (χ1v) is 32.9. The number of phenols is 2. The van der Waals surface area contributed by atoms with Gasteiger partial charge in [-0.1, -0.05) is 61.7 Å². The molecule has 0 heterocycles. The molecule has 6 N–H and O–H groups in total. The van der Waals surface area contributed by atoms with Gasteiger partial charge in [-0.05, 0) is 148 Å². The highest BCUT2D eigenvalue weighted by Crippen LogP contribution is 2.23. The lowest BCUT2D eigenvalue weighted by Crippen LogP contribution is -2.11. The Morgan fingerprint density at radius 3 is 1.00 bits per heavy atom. The predicted octanol–water partition coefficient (Wildman–Crippen LogP) is 10.1. The molecule has 96 heavy (non-hydrogen) atoms. The number of hydrogen-bond donors (Lipinski definition) is 6. The summed E-state index contributed by atoms with van der Waals surface area (Å²) in [6, 6.07) is 29.1. The van der Waals surface area contributed by atoms with Crippen LogP contribution in [0.1, 0.15) is 118 Å². The van der Waals surface area contributed by atoms with Gasteiger partial charge in [0, 0.05) is 37.1 Å². The Kier molecular flexibility index (Phi) is 44.1. The van der Waals surface area contributed by atoms with Crippen LogP contribution in [-0.2, 0) is 76.1 Å². The largest absolute Gasteiger partial charge is 0.508 e. The highest BCUT2D eigenvalue weighted by Gasteiger charge is 2.17. The second-order valence-electron chi connectivity index (χ2n) is 18.8. The fourth-order valence-corrected chi connectivity index (χ4v) is 8.80. The molecule has 0 aromatic heterocycles. The van der Waals surface area contributed by atoms with Gasteiger partial charge >= 0.3 is 35.8 Å². The number of ether oxygens (including phenoxy) is 11. The van der Waals surface area contributed by atoms with E-state index in [9.17, 15) is 42.3 Å². The maximum atomic E-state index is 11.6. The molecule has 6 aromatic carbocycles. The second kappa shape index (κ2) is 49.3. The van der Waals surface area contributed by atoms with Crippen molar-refractivity contribution in [3.05, 3.63) is 176 Å². The van der Waals surface area contributed by atoms with E-state index in [0.717, 1.165) is 57.9 Å². The Morgan fingerprint density at radius 1 is 0.396 bits per heavy atom. The van der Waals surface area contributed by atoms with Gasteiger partial charge in [0.05, 0.1) is 113 Å². The minimum Gasteiger partial charge on any atom is -0.508 e. The molecule has 0 aliphatic rings. The summed E-state index contributed by atoms with van der Waals surface area (Å²) in [4.78, 5) is 66.4. The number of aliphatic hydroxyl groups excluding tert-OH is 2. The molecule has 0 amide bonds. The van der Waals surface area contributed by atoms with Crippen LogP contribution in [0.5, 0.6) is 28.7 Å². The van der Waals surface area contributed by atoms with Crippen LogP contribution in [-0.4, -0.2) is 183 Å². The van der Waals surface area contributed by atoms with Crippen molar-refractivity contribution < 1.29 is 124 Å². The first-order valence-electron chi connectivity index (χ1n) is 29.2. The van der Waals surface area contributed by atoms with Crippen LogP contribution in [0, 0.1) is 6.92 Å². The number of halogens is 2. The van der Waals surface area contributed by atoms with E-state index in [-0.39, 0.29) is 76.2 Å². The van der Waals surface area contributed by atoms with Crippen LogP contribution < -0.4 is 14.2 Å². The number of benzene rings is 6. The van der Waals surface area contributed by atoms with Crippen LogP contribution >= 0.6 is 31.9 Å². The summed E-state index contributed by atoms with van der Waals surface area (Å²) < 4.78 is 83.3. The SMILES string of the molecule is CCOCCOS(=O)(=O)c1ccc(C)cc1.CCOCCOc1cc(C(=O)OC)cc(C(=O)OC)c1.CCOCCOc1cc(CBr)cc(CBr)c1.CCOCCOc1cc(CO)cc(CO)c1.COC(=O)c1cc(O)cc(C(=O)OC)c1.O=C(O)c1cc(O)cc(C(=O)O)c1. The topological polar surface area (TPSA) is 369 Å². The predicted molar refractivity (Wildman–Crippen MR) is 359 cm³/mol. The third kappa shape index (κ3) is 35.0. The molecular formula is C67H84Br2O26S. The van der Waals surface area contributed by atoms with E-state index >= 15 is 0 Å². The van der Waals surface area contributed by atoms with Gasteiger partial charge in [0.15, 0.2) is 0 Å². The zero-order valence-corrected chi connectivity index (χ0v) is 58.8. The number of aromatic carboxylic acids is 2. The average Bonchev–Trinajstić information content (AvgIpc) is 0.977. The monoisotopic (exact) mass is 1490 g/mol. The molecule has 26 nitrogen and oxygen atoms in total. The molecule has 0 fully saturated rings. The fourth-order valence-electron chi connectivity index (χ4n) is 7.26. The number of alkyl halides is 2. The molecule has 0 saturated heterocycles. The van der Waals surface area contributed by atoms with Crippen LogP contribution in [0.2, 0.25) is 0 Å². The number of carboxylic acids is 2. The molecule has 29 heteroatoms. The van der Waals surface area contributed by atoms with Crippen molar-refractivity contribution in [1.82, 2.24) is 0 Å². The van der Waals surface area contributed by atoms with Gasteiger partial charge in [-0.15, -0.1) is 0 Å². The Morgan fingerprint density at radius 2 is 0.688 bits per heavy atom. The van der Waals surface area contributed by atoms with Crippen LogP contribution in [0.15, 0.2) is 120 Å². The molecular weight excluding hydrogens is 1410 g/mol. The maximum Gasteiger partial charge on any atom is 0.338 e. The van der Waals surface area contributed by atoms with E-state index in [1.807, 2.05) is 46.8 Å². The third-order valence-corrected chi connectivity index (χ3v) is 14.3. The number of rotatable bonds is 31. The lowest BCUT2D eigenvalue weighted by Gasteiger charge is -2.09. The van der Waals surface area contributed by atoms with E-state index in [1.165, 1.54) is 88.1 Å². The highest BCUT2D eigenvalue weighted by atomic mass is 79.9. The molecule has 6 aromatic rings. The molecule has 0 saturated carbocycles. The zero-order valence-electron chi connectivity index (χ0n) is 54.8. The summed E-state index contributed by atoms with van der Waals surface area (Å²) in [6.45, 7) is 15.3. The van der Waals surface area contributed by atoms with Gasteiger partial charge in [0.1, 0.15) is 48.6 Å². The molecule has 0 spiro atoms. The van der Waals surface area contributed by atoms with E-state index in [4.69, 9.17) is 62.9 Å². The van der Waals surface area contributed by atoms with Crippen molar-refractivity contribution in [1.29, 1.82) is 0 Å². The van der Waals surface area contributed by atoms with Crippen molar-refractivity contribution in [3.63, 3.8) is 0 Å². The average molecular weight is 1500 g/mol. The normalized spacial score (nSPS) is 10.3. The Hall–Kier alpha value is -8.23. The van der Waals surface area contributed by atoms with Gasteiger partial charge in [0.25, 0.3) is 10.1 Å². The second-order valence-corrected chi connectivity index (χ2v) is 21.6. The summed E-state index contributed by atoms with van der Waals surface area (Å²) in [7, 11) is 1.32. The number of carbonyl (C=O) groups excluding carboxylic acids is 4. The van der Waals surface area contributed by atoms with Gasteiger partial charge in [-0.25, -0.2) is 28.8 Å². The van der Waals surface area contributed by atoms with Gasteiger partial charge in [-0.3, -0.25) is 4.18 Å². The highest BCUT2D eigenvalue weighted by molar-refractivity contribution is 9.08. The molecule has 0 unspecified atom stereocenters. The number of carbonyl (C=O) groups is 6. The summed E-state index contributed by atoms with van der Waals surface area (Å²) in [6.07, 6.45) is 0. The van der Waals surface area contributed by atoms with Gasteiger partial charge in [-0.2, -0.15) is 8.42 Å². The van der Waals surface area contributed by atoms with E-state index < -0.39 is 45.9 Å². The summed E-state index contributed by atoms with van der Waals surface area (Å²) in [5, 5.41) is 55.0. The van der Waals surface area contributed by atoms with Gasteiger partial charge in [0.2, 0.25) is 0 Å². The van der Waals surface area contributed by atoms with E-state index in [1.54, 1.807) is 30.3 Å². The number of phenolic OH excluding ortho intramolecular Hbond substituents is 2. The summed E-state index contributed by atoms with van der Waals surface area (Å²) in [5.41, 5.74) is 5.06. The standard InChI is InChI=1S/C14H18O6.C12H16Br2O2.C12H18O4.C11H16O4S.C10H10O5.C8H6O5/c1-4-19-5-6-20-12-8-10(13(15)17-2)7-11(9-12)14(16)18-3;2*1-2-15-3-4-16-12-6-10(8-13)5-11(7-12)9-14;1-3-14-8-9-15-16(12,13)11-6-4-10(2)5-7-11;1-14-9(12)6-3-7(10(13)15-2)5-8(11)4-6;9-6-2-4(7(10)11)1-5(3-6)8(12)13/h7-9H,4-6H2,1-3H3;5-7H,2-4,8-9H2,1H3;5-7,13-14H,2-4,8-9H2,1H3;4-7H,3,8-9H2,1-2H3;3-5,11H,1-2H3;1-3,9H,(H,10,11)(H,12,13). The molecule has 0 aliphatic heterocycles. The number of aromatic hydroxyl groups is 2. The van der Waals surface area contributed by atoms with Crippen molar-refractivity contribution in [3.8, 4) is 28.7 Å². The third-order valence-electron chi connectivity index (χ3n) is 11.7. The number of aliphatic hydroxyl groups is 2. The van der Waals surface area contributed by atoms with Gasteiger partial charge < -0.3 is 82.7 Å². The number of methoxy groups -OCH3 is 4. The number of esters is 4. The molecule has 0 bridgehead atoms. The lowest BCUT2D eigenvalue weighted by molar-refractivity contribution is 0.0580. The smallest absolute Gasteiger partial charge is 0.338 e. The van der Waals surface area contributed by atoms with Crippen molar-refractivity contribution >= 4 is 77.8 Å². The minimum atomic E-state index is -3.64. The quantitative estimate of drug-likeness (QED) is 0.00774. The molecule has 0 radical (unpaired) electrons. The maximum absolute atomic E-state index is 11.6. The molecule has 0 atom stereocenters. The lowest BCUT2D eigenvalue weighted by atomic mass is 10.1. The van der Waals surface area contributed by atoms with Crippen LogP contribution in [0.4, 0.5) is 0 Å². The van der Waals surface area contributed by atoms with E-state index in [2.05, 4.69) is 56.9 Å². The van der Waals surface area contributed by atoms with Crippen molar-refractivity contribution in [2.75, 3.05) is 108 Å². The fraction of sp³-hybridized carbons (Fsp3) is 0.373. The van der Waals surface area contributed by atoms with Crippen LogP contribution in [0.25, 0.3) is 0 Å². The minimum absolute atomic E-state index is 0.0457. The van der Waals surface area contributed by atoms with Crippen molar-refractivity contribution in [2.45, 2.75) is 63.4 Å². The summed E-state index contributed by atoms with van der Waals surface area (Å²) >= 11 is 6.90. The van der Waals surface area contributed by atoms with Crippen molar-refractivity contribution in [2.24, 2.45) is 0 Å². The van der Waals surface area contributed by atoms with E-state index in [0.29, 0.717) is 71.0 Å². The molecule has 6 rings (SSSR count). The molecule has 528 valence electrons. The number of aryl methyl sites for hydroxylation is 1. The molecule has 0 aliphatic carbocycles. The first-order chi connectivity index (χ1) is 45.8. The summed E-state index contributed by atoms with van der Waals surface area (Å²) in [5.74, 6) is -3.55. The first kappa shape index (κ1) is 85.8. The number of hydrogen-bond acceptors (Lipinski definition) is 24. The Labute approximate surface area is 575 Å². The Bertz CT molecular complexity index is 3230. The van der Waals surface area contributed by atoms with Crippen LogP contribution in [0.3, 0.4) is 0 Å². The number of carboxylic acid groups (broad SMARTS) is 2. The Balaban J connectivity index is 0.000000578.